The zero-order chi connectivity index (χ0) is 18.6. The number of sulfonamides is 1. The van der Waals surface area contributed by atoms with Crippen molar-refractivity contribution in [1.82, 2.24) is 14.9 Å². The number of nitrogens with one attached hydrogen (secondary N) is 2. The van der Waals surface area contributed by atoms with E-state index in [1.54, 1.807) is 16.4 Å². The van der Waals surface area contributed by atoms with Gasteiger partial charge in [-0.15, -0.1) is 0 Å². The second-order valence-corrected chi connectivity index (χ2v) is 9.34. The van der Waals surface area contributed by atoms with Crippen LogP contribution in [0.4, 0.5) is 0 Å². The summed E-state index contributed by atoms with van der Waals surface area (Å²) < 4.78 is 26.6. The lowest BCUT2D eigenvalue weighted by Crippen LogP contribution is -2.46. The van der Waals surface area contributed by atoms with Gasteiger partial charge in [-0.05, 0) is 63.3 Å². The molecule has 2 atom stereocenters. The Morgan fingerprint density at radius 2 is 1.92 bits per heavy atom. The highest BCUT2D eigenvalue weighted by Gasteiger charge is 2.27. The zero-order valence-electron chi connectivity index (χ0n) is 15.4. The van der Waals surface area contributed by atoms with Gasteiger partial charge in [0.15, 0.2) is 0 Å². The van der Waals surface area contributed by atoms with Crippen molar-refractivity contribution in [3.63, 3.8) is 0 Å². The molecule has 2 fully saturated rings. The summed E-state index contributed by atoms with van der Waals surface area (Å²) in [5.41, 5.74) is 0.985. The Labute approximate surface area is 156 Å². The molecule has 0 spiro atoms. The van der Waals surface area contributed by atoms with E-state index < -0.39 is 10.0 Å². The lowest BCUT2D eigenvalue weighted by molar-refractivity contribution is -0.122. The van der Waals surface area contributed by atoms with Crippen molar-refractivity contribution in [3.05, 3.63) is 29.8 Å². The van der Waals surface area contributed by atoms with Crippen LogP contribution in [0.25, 0.3) is 0 Å². The van der Waals surface area contributed by atoms with Crippen LogP contribution < -0.4 is 10.6 Å². The lowest BCUT2D eigenvalue weighted by Gasteiger charge is -2.28. The molecule has 0 aliphatic carbocycles. The van der Waals surface area contributed by atoms with E-state index in [2.05, 4.69) is 17.6 Å². The SMILES string of the molecule is CC1CC(NC(=O)CCc2ccc(S(=O)(=O)N3CCCC3)cc2)CCN1. The fraction of sp³-hybridized carbons (Fsp3) is 0.632. The van der Waals surface area contributed by atoms with Crippen LogP contribution in [0.15, 0.2) is 29.2 Å². The summed E-state index contributed by atoms with van der Waals surface area (Å²) in [6.45, 7) is 4.30. The summed E-state index contributed by atoms with van der Waals surface area (Å²) in [6, 6.07) is 7.67. The number of benzene rings is 1. The quantitative estimate of drug-likeness (QED) is 0.788. The van der Waals surface area contributed by atoms with Crippen molar-refractivity contribution in [1.29, 1.82) is 0 Å². The first-order valence-electron chi connectivity index (χ1n) is 9.57. The van der Waals surface area contributed by atoms with Gasteiger partial charge in [-0.2, -0.15) is 4.31 Å². The van der Waals surface area contributed by atoms with E-state index in [9.17, 15) is 13.2 Å². The van der Waals surface area contributed by atoms with E-state index in [1.165, 1.54) is 0 Å². The average molecular weight is 380 g/mol. The molecule has 2 saturated heterocycles. The number of amides is 1. The van der Waals surface area contributed by atoms with Crippen molar-refractivity contribution < 1.29 is 13.2 Å². The fourth-order valence-electron chi connectivity index (χ4n) is 3.73. The lowest BCUT2D eigenvalue weighted by atomic mass is 10.0. The smallest absolute Gasteiger partial charge is 0.243 e. The van der Waals surface area contributed by atoms with Crippen molar-refractivity contribution >= 4 is 15.9 Å². The van der Waals surface area contributed by atoms with Crippen LogP contribution in [-0.2, 0) is 21.2 Å². The van der Waals surface area contributed by atoms with Gasteiger partial charge in [0, 0.05) is 31.6 Å². The van der Waals surface area contributed by atoms with E-state index in [0.29, 0.717) is 36.9 Å². The molecule has 1 aromatic carbocycles. The minimum absolute atomic E-state index is 0.0675. The Balaban J connectivity index is 1.50. The Hall–Kier alpha value is -1.44. The van der Waals surface area contributed by atoms with Crippen LogP contribution in [0, 0.1) is 0 Å². The molecule has 6 nitrogen and oxygen atoms in total. The van der Waals surface area contributed by atoms with Crippen molar-refractivity contribution in [2.24, 2.45) is 0 Å². The number of carbonyl (C=O) groups is 1. The van der Waals surface area contributed by atoms with E-state index in [4.69, 9.17) is 0 Å². The van der Waals surface area contributed by atoms with Gasteiger partial charge in [-0.1, -0.05) is 12.1 Å². The molecule has 2 N–H and O–H groups in total. The van der Waals surface area contributed by atoms with E-state index >= 15 is 0 Å². The number of rotatable bonds is 6. The van der Waals surface area contributed by atoms with Crippen LogP contribution in [-0.4, -0.2) is 50.3 Å². The first-order valence-corrected chi connectivity index (χ1v) is 11.0. The Kier molecular flexibility index (Phi) is 6.32. The van der Waals surface area contributed by atoms with Gasteiger partial charge in [0.1, 0.15) is 0 Å². The maximum Gasteiger partial charge on any atom is 0.243 e. The zero-order valence-corrected chi connectivity index (χ0v) is 16.2. The molecular weight excluding hydrogens is 350 g/mol. The number of carbonyl (C=O) groups excluding carboxylic acids is 1. The maximum absolute atomic E-state index is 12.5. The minimum Gasteiger partial charge on any atom is -0.353 e. The van der Waals surface area contributed by atoms with Gasteiger partial charge in [0.25, 0.3) is 0 Å². The molecule has 26 heavy (non-hydrogen) atoms. The summed E-state index contributed by atoms with van der Waals surface area (Å²) in [7, 11) is -3.36. The number of aryl methyl sites for hydroxylation is 1. The maximum atomic E-state index is 12.5. The van der Waals surface area contributed by atoms with Crippen LogP contribution in [0.1, 0.15) is 44.6 Å². The molecule has 2 unspecified atom stereocenters. The highest BCUT2D eigenvalue weighted by atomic mass is 32.2. The third-order valence-corrected chi connectivity index (χ3v) is 7.17. The van der Waals surface area contributed by atoms with E-state index in [1.807, 2.05) is 12.1 Å². The van der Waals surface area contributed by atoms with Crippen LogP contribution in [0.5, 0.6) is 0 Å². The molecule has 3 rings (SSSR count). The summed E-state index contributed by atoms with van der Waals surface area (Å²) in [6.07, 6.45) is 4.85. The molecule has 0 bridgehead atoms. The first-order chi connectivity index (χ1) is 12.4. The van der Waals surface area contributed by atoms with Crippen LogP contribution in [0.3, 0.4) is 0 Å². The molecule has 1 aromatic rings. The van der Waals surface area contributed by atoms with Crippen molar-refractivity contribution in [2.75, 3.05) is 19.6 Å². The van der Waals surface area contributed by atoms with Gasteiger partial charge < -0.3 is 10.6 Å². The molecule has 2 aliphatic heterocycles. The molecular formula is C19H29N3O3S. The van der Waals surface area contributed by atoms with Gasteiger partial charge in [0.05, 0.1) is 4.90 Å². The predicted octanol–water partition coefficient (Wildman–Crippen LogP) is 1.66. The molecule has 0 aromatic heterocycles. The van der Waals surface area contributed by atoms with Crippen LogP contribution in [0.2, 0.25) is 0 Å². The van der Waals surface area contributed by atoms with Crippen molar-refractivity contribution in [3.8, 4) is 0 Å². The van der Waals surface area contributed by atoms with Gasteiger partial charge >= 0.3 is 0 Å². The predicted molar refractivity (Wildman–Crippen MR) is 101 cm³/mol. The summed E-state index contributed by atoms with van der Waals surface area (Å²) >= 11 is 0. The monoisotopic (exact) mass is 379 g/mol. The Morgan fingerprint density at radius 3 is 2.58 bits per heavy atom. The third-order valence-electron chi connectivity index (χ3n) is 5.26. The highest BCUT2D eigenvalue weighted by Crippen LogP contribution is 2.21. The molecule has 7 heteroatoms. The number of piperidine rings is 1. The van der Waals surface area contributed by atoms with E-state index in [-0.39, 0.29) is 11.9 Å². The molecule has 0 radical (unpaired) electrons. The van der Waals surface area contributed by atoms with Gasteiger partial charge in [-0.3, -0.25) is 4.79 Å². The molecule has 144 valence electrons. The molecule has 2 aliphatic rings. The first kappa shape index (κ1) is 19.3. The van der Waals surface area contributed by atoms with Crippen LogP contribution >= 0.6 is 0 Å². The van der Waals surface area contributed by atoms with Gasteiger partial charge in [-0.25, -0.2) is 8.42 Å². The van der Waals surface area contributed by atoms with Crippen molar-refractivity contribution in [2.45, 2.75) is 62.4 Å². The standard InChI is InChI=1S/C19H29N3O3S/c1-15-14-17(10-11-20-15)21-19(23)9-6-16-4-7-18(8-5-16)26(24,25)22-12-2-3-13-22/h4-5,7-8,15,17,20H,2-3,6,9-14H2,1H3,(H,21,23). The van der Waals surface area contributed by atoms with E-state index in [0.717, 1.165) is 37.8 Å². The largest absolute Gasteiger partial charge is 0.353 e. The second kappa shape index (κ2) is 8.50. The number of nitrogens with zero attached hydrogens (tertiary/aromatic N) is 1. The highest BCUT2D eigenvalue weighted by molar-refractivity contribution is 7.89. The van der Waals surface area contributed by atoms with Gasteiger partial charge in [0.2, 0.25) is 15.9 Å². The normalized spacial score (nSPS) is 24.5. The summed E-state index contributed by atoms with van der Waals surface area (Å²) in [4.78, 5) is 12.5. The Morgan fingerprint density at radius 1 is 1.23 bits per heavy atom. The molecule has 0 saturated carbocycles. The Bertz CT molecular complexity index is 712. The topological polar surface area (TPSA) is 78.5 Å². The minimum atomic E-state index is -3.36. The summed E-state index contributed by atoms with van der Waals surface area (Å²) in [5, 5.41) is 6.49. The average Bonchev–Trinajstić information content (AvgIpc) is 3.16. The third kappa shape index (κ3) is 4.84. The molecule has 1 amide bonds. The number of hydrogen-bond acceptors (Lipinski definition) is 4. The second-order valence-electron chi connectivity index (χ2n) is 7.40. The summed E-state index contributed by atoms with van der Waals surface area (Å²) in [5.74, 6) is 0.0675. The fourth-order valence-corrected chi connectivity index (χ4v) is 5.24. The molecule has 2 heterocycles. The number of hydrogen-bond donors (Lipinski definition) is 2.